The Balaban J connectivity index is 2.48. The fourth-order valence-corrected chi connectivity index (χ4v) is 1.80. The van der Waals surface area contributed by atoms with Crippen LogP contribution in [-0.4, -0.2) is 12.6 Å². The molecule has 2 atom stereocenters. The number of hydrogen-bond acceptors (Lipinski definition) is 2. The van der Waals surface area contributed by atoms with E-state index in [1.807, 2.05) is 0 Å². The smallest absolute Gasteiger partial charge is 0.0672 e. The number of hydrogen-bond donors (Lipinski definition) is 1. The van der Waals surface area contributed by atoms with Gasteiger partial charge in [0.15, 0.2) is 0 Å². The lowest BCUT2D eigenvalue weighted by Gasteiger charge is -2.24. The zero-order chi connectivity index (χ0) is 9.19. The molecular formula is C10H18N2. The second kappa shape index (κ2) is 3.45. The molecule has 2 heteroatoms. The van der Waals surface area contributed by atoms with Crippen molar-refractivity contribution >= 4 is 0 Å². The van der Waals surface area contributed by atoms with Crippen LogP contribution in [0.15, 0.2) is 0 Å². The fraction of sp³-hybridized carbons (Fsp3) is 0.900. The molecule has 0 spiro atoms. The first kappa shape index (κ1) is 9.54. The van der Waals surface area contributed by atoms with Gasteiger partial charge in [0.05, 0.1) is 12.0 Å². The lowest BCUT2D eigenvalue weighted by molar-refractivity contribution is 0.307. The summed E-state index contributed by atoms with van der Waals surface area (Å²) in [5, 5.41) is 12.2. The summed E-state index contributed by atoms with van der Waals surface area (Å²) < 4.78 is 0. The van der Waals surface area contributed by atoms with Crippen molar-refractivity contribution in [2.75, 3.05) is 6.54 Å². The highest BCUT2D eigenvalue weighted by molar-refractivity contribution is 4.98. The molecule has 1 aliphatic rings. The van der Waals surface area contributed by atoms with Gasteiger partial charge in [-0.05, 0) is 24.8 Å². The van der Waals surface area contributed by atoms with Gasteiger partial charge in [-0.1, -0.05) is 20.8 Å². The van der Waals surface area contributed by atoms with Crippen molar-refractivity contribution in [3.63, 3.8) is 0 Å². The molecule has 0 aromatic rings. The lowest BCUT2D eigenvalue weighted by Crippen LogP contribution is -2.30. The van der Waals surface area contributed by atoms with E-state index in [1.54, 1.807) is 0 Å². The topological polar surface area (TPSA) is 35.8 Å². The molecule has 0 saturated carbocycles. The van der Waals surface area contributed by atoms with Gasteiger partial charge in [0.1, 0.15) is 0 Å². The van der Waals surface area contributed by atoms with Crippen LogP contribution >= 0.6 is 0 Å². The molecule has 1 heterocycles. The van der Waals surface area contributed by atoms with Crippen molar-refractivity contribution in [3.8, 4) is 6.07 Å². The van der Waals surface area contributed by atoms with Crippen LogP contribution in [0.1, 0.15) is 33.6 Å². The summed E-state index contributed by atoms with van der Waals surface area (Å²) in [5.74, 6) is 0.240. The summed E-state index contributed by atoms with van der Waals surface area (Å²) in [7, 11) is 0. The predicted octanol–water partition coefficient (Wildman–Crippen LogP) is 1.92. The van der Waals surface area contributed by atoms with Gasteiger partial charge < -0.3 is 5.32 Å². The van der Waals surface area contributed by atoms with Crippen molar-refractivity contribution < 1.29 is 0 Å². The molecule has 0 amide bonds. The van der Waals surface area contributed by atoms with E-state index in [0.29, 0.717) is 11.5 Å². The molecule has 1 N–H and O–H groups in total. The van der Waals surface area contributed by atoms with E-state index in [-0.39, 0.29) is 5.92 Å². The van der Waals surface area contributed by atoms with E-state index < -0.39 is 0 Å². The Morgan fingerprint density at radius 1 is 1.50 bits per heavy atom. The van der Waals surface area contributed by atoms with Gasteiger partial charge in [-0.15, -0.1) is 0 Å². The summed E-state index contributed by atoms with van der Waals surface area (Å²) in [6.45, 7) is 7.68. The van der Waals surface area contributed by atoms with E-state index in [1.165, 1.54) is 0 Å². The van der Waals surface area contributed by atoms with Crippen LogP contribution < -0.4 is 5.32 Å². The first-order chi connectivity index (χ1) is 5.53. The summed E-state index contributed by atoms with van der Waals surface area (Å²) in [6.07, 6.45) is 2.13. The number of nitrogens with zero attached hydrogens (tertiary/aromatic N) is 1. The molecule has 12 heavy (non-hydrogen) atoms. The van der Waals surface area contributed by atoms with E-state index in [0.717, 1.165) is 19.4 Å². The van der Waals surface area contributed by atoms with Crippen LogP contribution in [0.2, 0.25) is 0 Å². The first-order valence-electron chi connectivity index (χ1n) is 4.66. The van der Waals surface area contributed by atoms with Crippen molar-refractivity contribution in [1.82, 2.24) is 5.32 Å². The van der Waals surface area contributed by atoms with Crippen molar-refractivity contribution in [3.05, 3.63) is 0 Å². The Kier molecular flexibility index (Phi) is 2.74. The van der Waals surface area contributed by atoms with E-state index in [9.17, 15) is 0 Å². The zero-order valence-electron chi connectivity index (χ0n) is 8.22. The Bertz CT molecular complexity index is 185. The van der Waals surface area contributed by atoms with Gasteiger partial charge >= 0.3 is 0 Å². The average molecular weight is 166 g/mol. The zero-order valence-corrected chi connectivity index (χ0v) is 8.22. The highest BCUT2D eigenvalue weighted by Gasteiger charge is 2.29. The Morgan fingerprint density at radius 3 is 2.67 bits per heavy atom. The molecule has 1 rings (SSSR count). The molecule has 2 unspecified atom stereocenters. The molecule has 0 aliphatic carbocycles. The van der Waals surface area contributed by atoms with Crippen molar-refractivity contribution in [2.24, 2.45) is 11.3 Å². The van der Waals surface area contributed by atoms with Crippen LogP contribution in [0, 0.1) is 22.7 Å². The van der Waals surface area contributed by atoms with Crippen LogP contribution in [0.5, 0.6) is 0 Å². The third-order valence-electron chi connectivity index (χ3n) is 2.35. The van der Waals surface area contributed by atoms with E-state index in [2.05, 4.69) is 32.2 Å². The lowest BCUT2D eigenvalue weighted by atomic mass is 9.84. The van der Waals surface area contributed by atoms with Gasteiger partial charge in [-0.25, -0.2) is 0 Å². The molecule has 0 radical (unpaired) electrons. The molecule has 0 bridgehead atoms. The highest BCUT2D eigenvalue weighted by atomic mass is 14.9. The van der Waals surface area contributed by atoms with Gasteiger partial charge in [-0.2, -0.15) is 5.26 Å². The molecule has 0 aromatic carbocycles. The van der Waals surface area contributed by atoms with Gasteiger partial charge in [0.25, 0.3) is 0 Å². The van der Waals surface area contributed by atoms with E-state index in [4.69, 9.17) is 5.26 Å². The number of rotatable bonds is 1. The predicted molar refractivity (Wildman–Crippen MR) is 49.6 cm³/mol. The quantitative estimate of drug-likeness (QED) is 0.646. The summed E-state index contributed by atoms with van der Waals surface area (Å²) >= 11 is 0. The van der Waals surface area contributed by atoms with Crippen molar-refractivity contribution in [2.45, 2.75) is 39.7 Å². The maximum atomic E-state index is 8.84. The first-order valence-corrected chi connectivity index (χ1v) is 4.66. The van der Waals surface area contributed by atoms with Crippen LogP contribution in [0.4, 0.5) is 0 Å². The van der Waals surface area contributed by atoms with Gasteiger partial charge in [0, 0.05) is 6.04 Å². The summed E-state index contributed by atoms with van der Waals surface area (Å²) in [5.41, 5.74) is 0.330. The standard InChI is InChI=1S/C10H18N2/c1-10(2,3)6-9-8(7-11)4-5-12-9/h8-9,12H,4-6H2,1-3H3. The Hall–Kier alpha value is -0.550. The molecular weight excluding hydrogens is 148 g/mol. The monoisotopic (exact) mass is 166 g/mol. The van der Waals surface area contributed by atoms with Crippen LogP contribution in [-0.2, 0) is 0 Å². The average Bonchev–Trinajstić information content (AvgIpc) is 2.31. The van der Waals surface area contributed by atoms with Gasteiger partial charge in [-0.3, -0.25) is 0 Å². The molecule has 0 aromatic heterocycles. The molecule has 68 valence electrons. The third-order valence-corrected chi connectivity index (χ3v) is 2.35. The van der Waals surface area contributed by atoms with E-state index >= 15 is 0 Å². The Labute approximate surface area is 75.0 Å². The second-order valence-corrected chi connectivity index (χ2v) is 4.85. The minimum atomic E-state index is 0.240. The Morgan fingerprint density at radius 2 is 2.17 bits per heavy atom. The van der Waals surface area contributed by atoms with Crippen molar-refractivity contribution in [1.29, 1.82) is 5.26 Å². The minimum absolute atomic E-state index is 0.240. The number of nitrogens with one attached hydrogen (secondary N) is 1. The minimum Gasteiger partial charge on any atom is -0.313 e. The third kappa shape index (κ3) is 2.49. The molecule has 2 nitrogen and oxygen atoms in total. The maximum absolute atomic E-state index is 8.84. The SMILES string of the molecule is CC(C)(C)CC1NCCC1C#N. The van der Waals surface area contributed by atoms with Crippen LogP contribution in [0.25, 0.3) is 0 Å². The summed E-state index contributed by atoms with van der Waals surface area (Å²) in [6, 6.07) is 2.80. The molecule has 1 saturated heterocycles. The largest absolute Gasteiger partial charge is 0.313 e. The number of nitriles is 1. The molecule has 1 aliphatic heterocycles. The fourth-order valence-electron chi connectivity index (χ4n) is 1.80. The van der Waals surface area contributed by atoms with Gasteiger partial charge in [0.2, 0.25) is 0 Å². The summed E-state index contributed by atoms with van der Waals surface area (Å²) in [4.78, 5) is 0. The second-order valence-electron chi connectivity index (χ2n) is 4.85. The van der Waals surface area contributed by atoms with Crippen LogP contribution in [0.3, 0.4) is 0 Å². The maximum Gasteiger partial charge on any atom is 0.0672 e. The molecule has 1 fully saturated rings. The highest BCUT2D eigenvalue weighted by Crippen LogP contribution is 2.27. The normalized spacial score (nSPS) is 30.2.